The van der Waals surface area contributed by atoms with Crippen LogP contribution in [-0.2, 0) is 6.18 Å². The van der Waals surface area contributed by atoms with Gasteiger partial charge in [-0.05, 0) is 26.0 Å². The van der Waals surface area contributed by atoms with Crippen molar-refractivity contribution in [1.29, 1.82) is 0 Å². The van der Waals surface area contributed by atoms with Crippen LogP contribution >= 0.6 is 11.8 Å². The molecule has 112 valence electrons. The van der Waals surface area contributed by atoms with E-state index in [4.69, 9.17) is 0 Å². The lowest BCUT2D eigenvalue weighted by Crippen LogP contribution is -2.09. The maximum atomic E-state index is 12.5. The Balaban J connectivity index is 2.07. The molecule has 2 aromatic rings. The molecule has 0 aliphatic rings. The van der Waals surface area contributed by atoms with E-state index >= 15 is 0 Å². The van der Waals surface area contributed by atoms with Crippen molar-refractivity contribution >= 4 is 17.5 Å². The molecular formula is C13H12F3N3OS. The van der Waals surface area contributed by atoms with E-state index in [0.717, 1.165) is 35.4 Å². The van der Waals surface area contributed by atoms with Crippen LogP contribution in [0.3, 0.4) is 0 Å². The van der Waals surface area contributed by atoms with Crippen LogP contribution in [0, 0.1) is 13.8 Å². The SMILES string of the molecule is Cc1cc(C(=O)CSc2nccc(C(F)(F)F)n2)c(C)[nH]1. The van der Waals surface area contributed by atoms with E-state index in [-0.39, 0.29) is 16.7 Å². The lowest BCUT2D eigenvalue weighted by atomic mass is 10.2. The van der Waals surface area contributed by atoms with Crippen molar-refractivity contribution in [2.24, 2.45) is 0 Å². The molecule has 0 saturated heterocycles. The zero-order valence-corrected chi connectivity index (χ0v) is 12.1. The Labute approximate surface area is 123 Å². The average molecular weight is 315 g/mol. The molecule has 0 spiro atoms. The van der Waals surface area contributed by atoms with Crippen LogP contribution in [0.2, 0.25) is 0 Å². The molecule has 8 heteroatoms. The summed E-state index contributed by atoms with van der Waals surface area (Å²) in [5, 5.41) is -0.0666. The molecule has 2 heterocycles. The van der Waals surface area contributed by atoms with Crippen LogP contribution < -0.4 is 0 Å². The van der Waals surface area contributed by atoms with Gasteiger partial charge in [0.15, 0.2) is 10.9 Å². The van der Waals surface area contributed by atoms with Gasteiger partial charge in [0.25, 0.3) is 0 Å². The monoisotopic (exact) mass is 315 g/mol. The van der Waals surface area contributed by atoms with Gasteiger partial charge in [-0.1, -0.05) is 11.8 Å². The highest BCUT2D eigenvalue weighted by molar-refractivity contribution is 7.99. The molecule has 0 aliphatic carbocycles. The highest BCUT2D eigenvalue weighted by Crippen LogP contribution is 2.28. The maximum Gasteiger partial charge on any atom is 0.433 e. The number of nitrogens with zero attached hydrogens (tertiary/aromatic N) is 2. The molecule has 21 heavy (non-hydrogen) atoms. The fourth-order valence-electron chi connectivity index (χ4n) is 1.79. The van der Waals surface area contributed by atoms with Crippen LogP contribution in [0.4, 0.5) is 13.2 Å². The number of H-pyrrole nitrogens is 1. The number of alkyl halides is 3. The number of aryl methyl sites for hydroxylation is 2. The number of aromatic nitrogens is 3. The maximum absolute atomic E-state index is 12.5. The van der Waals surface area contributed by atoms with Crippen molar-refractivity contribution in [3.8, 4) is 0 Å². The van der Waals surface area contributed by atoms with E-state index in [1.807, 2.05) is 6.92 Å². The first-order valence-corrected chi connectivity index (χ1v) is 6.98. The summed E-state index contributed by atoms with van der Waals surface area (Å²) in [4.78, 5) is 22.2. The second kappa shape index (κ2) is 5.88. The number of hydrogen-bond donors (Lipinski definition) is 1. The second-order valence-corrected chi connectivity index (χ2v) is 5.37. The summed E-state index contributed by atoms with van der Waals surface area (Å²) >= 11 is 0.886. The highest BCUT2D eigenvalue weighted by atomic mass is 32.2. The number of halogens is 3. The normalized spacial score (nSPS) is 11.7. The standard InChI is InChI=1S/C13H12F3N3OS/c1-7-5-9(8(2)18-7)10(20)6-21-12-17-4-3-11(19-12)13(14,15)16/h3-5,18H,6H2,1-2H3. The first kappa shape index (κ1) is 15.6. The van der Waals surface area contributed by atoms with E-state index in [1.165, 1.54) is 0 Å². The zero-order chi connectivity index (χ0) is 15.6. The Kier molecular flexibility index (Phi) is 4.36. The van der Waals surface area contributed by atoms with E-state index in [0.29, 0.717) is 5.56 Å². The van der Waals surface area contributed by atoms with Crippen LogP contribution in [0.5, 0.6) is 0 Å². The van der Waals surface area contributed by atoms with E-state index in [2.05, 4.69) is 15.0 Å². The minimum Gasteiger partial charge on any atom is -0.362 e. The fourth-order valence-corrected chi connectivity index (χ4v) is 2.50. The molecule has 0 unspecified atom stereocenters. The first-order chi connectivity index (χ1) is 9.77. The van der Waals surface area contributed by atoms with Crippen molar-refractivity contribution < 1.29 is 18.0 Å². The lowest BCUT2D eigenvalue weighted by Gasteiger charge is -2.06. The molecule has 0 atom stereocenters. The minimum absolute atomic E-state index is 0.0144. The molecule has 0 saturated carbocycles. The van der Waals surface area contributed by atoms with E-state index in [1.54, 1.807) is 13.0 Å². The molecule has 0 amide bonds. The van der Waals surface area contributed by atoms with Crippen molar-refractivity contribution in [2.75, 3.05) is 5.75 Å². The summed E-state index contributed by atoms with van der Waals surface area (Å²) in [5.41, 5.74) is 1.12. The third-order valence-corrected chi connectivity index (χ3v) is 3.57. The number of carbonyl (C=O) groups is 1. The molecule has 0 aromatic carbocycles. The number of carbonyl (C=O) groups excluding carboxylic acids is 1. The van der Waals surface area contributed by atoms with Crippen molar-refractivity contribution in [3.63, 3.8) is 0 Å². The summed E-state index contributed by atoms with van der Waals surface area (Å²) < 4.78 is 37.6. The van der Waals surface area contributed by atoms with Crippen LogP contribution in [0.1, 0.15) is 27.4 Å². The van der Waals surface area contributed by atoms with Crippen LogP contribution in [0.25, 0.3) is 0 Å². The Morgan fingerprint density at radius 3 is 2.67 bits per heavy atom. The third kappa shape index (κ3) is 3.84. The number of rotatable bonds is 4. The Hall–Kier alpha value is -1.83. The Morgan fingerprint density at radius 2 is 2.10 bits per heavy atom. The van der Waals surface area contributed by atoms with E-state index in [9.17, 15) is 18.0 Å². The third-order valence-electron chi connectivity index (χ3n) is 2.71. The minimum atomic E-state index is -4.52. The van der Waals surface area contributed by atoms with Gasteiger partial charge in [-0.3, -0.25) is 4.79 Å². The highest BCUT2D eigenvalue weighted by Gasteiger charge is 2.32. The number of nitrogens with one attached hydrogen (secondary N) is 1. The summed E-state index contributed by atoms with van der Waals surface area (Å²) in [6.07, 6.45) is -3.48. The molecular weight excluding hydrogens is 303 g/mol. The molecule has 0 bridgehead atoms. The van der Waals surface area contributed by atoms with Gasteiger partial charge in [0.1, 0.15) is 5.69 Å². The molecule has 2 aromatic heterocycles. The number of thioether (sulfide) groups is 1. The molecule has 4 nitrogen and oxygen atoms in total. The number of hydrogen-bond acceptors (Lipinski definition) is 4. The van der Waals surface area contributed by atoms with Gasteiger partial charge < -0.3 is 4.98 Å². The van der Waals surface area contributed by atoms with Crippen molar-refractivity contribution in [3.05, 3.63) is 41.0 Å². The Morgan fingerprint density at radius 1 is 1.38 bits per heavy atom. The first-order valence-electron chi connectivity index (χ1n) is 6.00. The summed E-state index contributed by atoms with van der Waals surface area (Å²) in [6, 6.07) is 2.51. The molecule has 2 rings (SSSR count). The van der Waals surface area contributed by atoms with Crippen molar-refractivity contribution in [2.45, 2.75) is 25.2 Å². The molecule has 1 N–H and O–H groups in total. The van der Waals surface area contributed by atoms with Gasteiger partial charge in [0, 0.05) is 23.1 Å². The number of Topliss-reactive ketones (excluding diaryl/α,β-unsaturated/α-hetero) is 1. The molecule has 0 radical (unpaired) electrons. The zero-order valence-electron chi connectivity index (χ0n) is 11.3. The summed E-state index contributed by atoms with van der Waals surface area (Å²) in [7, 11) is 0. The van der Waals surface area contributed by atoms with Crippen LogP contribution in [-0.4, -0.2) is 26.5 Å². The topological polar surface area (TPSA) is 58.6 Å². The molecule has 0 aliphatic heterocycles. The summed E-state index contributed by atoms with van der Waals surface area (Å²) in [6.45, 7) is 3.60. The quantitative estimate of drug-likeness (QED) is 0.533. The largest absolute Gasteiger partial charge is 0.433 e. The predicted octanol–water partition coefficient (Wildman–Crippen LogP) is 3.42. The Bertz CT molecular complexity index is 667. The van der Waals surface area contributed by atoms with E-state index < -0.39 is 11.9 Å². The second-order valence-electron chi connectivity index (χ2n) is 4.43. The van der Waals surface area contributed by atoms with Gasteiger partial charge >= 0.3 is 6.18 Å². The van der Waals surface area contributed by atoms with Gasteiger partial charge in [-0.15, -0.1) is 0 Å². The average Bonchev–Trinajstić information content (AvgIpc) is 2.74. The fraction of sp³-hybridized carbons (Fsp3) is 0.308. The van der Waals surface area contributed by atoms with Gasteiger partial charge in [0.05, 0.1) is 5.75 Å². The summed E-state index contributed by atoms with van der Waals surface area (Å²) in [5.74, 6) is -0.192. The van der Waals surface area contributed by atoms with Gasteiger partial charge in [-0.25, -0.2) is 9.97 Å². The van der Waals surface area contributed by atoms with Gasteiger partial charge in [-0.2, -0.15) is 13.2 Å². The smallest absolute Gasteiger partial charge is 0.362 e. The van der Waals surface area contributed by atoms with Crippen LogP contribution in [0.15, 0.2) is 23.5 Å². The van der Waals surface area contributed by atoms with Crippen molar-refractivity contribution in [1.82, 2.24) is 15.0 Å². The number of aromatic amines is 1. The predicted molar refractivity (Wildman–Crippen MR) is 72.4 cm³/mol. The number of ketones is 1. The van der Waals surface area contributed by atoms with Gasteiger partial charge in [0.2, 0.25) is 0 Å². The molecule has 0 fully saturated rings. The lowest BCUT2D eigenvalue weighted by molar-refractivity contribution is -0.141.